The molecule has 0 saturated carbocycles. The van der Waals surface area contributed by atoms with Crippen LogP contribution in [0.4, 0.5) is 10.1 Å². The van der Waals surface area contributed by atoms with Crippen LogP contribution in [0.3, 0.4) is 0 Å². The summed E-state index contributed by atoms with van der Waals surface area (Å²) in [5.74, 6) is -0.638. The highest BCUT2D eigenvalue weighted by atomic mass is 35.5. The van der Waals surface area contributed by atoms with E-state index in [0.717, 1.165) is 33.5 Å². The fraction of sp³-hybridized carbons (Fsp3) is 0.444. The number of carbonyl (C=O) groups excluding carboxylic acids is 2. The van der Waals surface area contributed by atoms with E-state index in [9.17, 15) is 14.0 Å². The zero-order chi connectivity index (χ0) is 26.7. The minimum absolute atomic E-state index is 0. The molecule has 0 bridgehead atoms. The summed E-state index contributed by atoms with van der Waals surface area (Å²) in [5, 5.41) is 14.5. The van der Waals surface area contributed by atoms with E-state index >= 15 is 0 Å². The van der Waals surface area contributed by atoms with E-state index in [0.29, 0.717) is 37.8 Å². The number of hydrogen-bond donors (Lipinski definition) is 2. The first-order chi connectivity index (χ1) is 17.6. The molecule has 4 rings (SSSR count). The molecular formula is C27H37Cl2FN6O3. The van der Waals surface area contributed by atoms with Gasteiger partial charge in [-0.3, -0.25) is 14.6 Å². The van der Waals surface area contributed by atoms with Crippen LogP contribution in [0.5, 0.6) is 0 Å². The largest absolute Gasteiger partial charge is 0.356 e. The van der Waals surface area contributed by atoms with E-state index in [-0.39, 0.29) is 55.5 Å². The van der Waals surface area contributed by atoms with Crippen molar-refractivity contribution in [3.63, 3.8) is 0 Å². The number of nitrogens with one attached hydrogen (secondary N) is 2. The molecule has 2 heterocycles. The molecule has 1 aliphatic rings. The monoisotopic (exact) mass is 582 g/mol. The third kappa shape index (κ3) is 7.82. The summed E-state index contributed by atoms with van der Waals surface area (Å²) in [4.78, 5) is 28.1. The molecule has 0 fully saturated rings. The minimum atomic E-state index is -0.287. The van der Waals surface area contributed by atoms with Crippen molar-refractivity contribution in [1.82, 2.24) is 25.8 Å². The maximum Gasteiger partial charge on any atom is 0.256 e. The lowest BCUT2D eigenvalue weighted by atomic mass is 10.1. The topological polar surface area (TPSA) is 93.9 Å². The summed E-state index contributed by atoms with van der Waals surface area (Å²) in [7, 11) is 1.71. The van der Waals surface area contributed by atoms with Crippen LogP contribution in [0, 0.1) is 19.7 Å². The molecular weight excluding hydrogens is 546 g/mol. The highest BCUT2D eigenvalue weighted by Gasteiger charge is 2.27. The van der Waals surface area contributed by atoms with Gasteiger partial charge in [0.2, 0.25) is 5.91 Å². The van der Waals surface area contributed by atoms with E-state index in [1.165, 1.54) is 12.1 Å². The highest BCUT2D eigenvalue weighted by molar-refractivity contribution is 5.90. The Bertz CT molecular complexity index is 1300. The number of benzene rings is 2. The Morgan fingerprint density at radius 2 is 1.79 bits per heavy atom. The first-order valence-corrected chi connectivity index (χ1v) is 12.5. The van der Waals surface area contributed by atoms with Crippen LogP contribution in [0.2, 0.25) is 0 Å². The summed E-state index contributed by atoms with van der Waals surface area (Å²) in [6.45, 7) is 10.0. The number of carbonyl (C=O) groups is 2. The van der Waals surface area contributed by atoms with Gasteiger partial charge in [0.1, 0.15) is 5.82 Å². The van der Waals surface area contributed by atoms with E-state index in [2.05, 4.69) is 15.8 Å². The third-order valence-electron chi connectivity index (χ3n) is 6.63. The molecule has 39 heavy (non-hydrogen) atoms. The lowest BCUT2D eigenvalue weighted by molar-refractivity contribution is -0.145. The Hall–Kier alpha value is -2.92. The van der Waals surface area contributed by atoms with Gasteiger partial charge in [0.25, 0.3) is 5.91 Å². The van der Waals surface area contributed by atoms with Crippen LogP contribution in [-0.4, -0.2) is 66.3 Å². The van der Waals surface area contributed by atoms with Gasteiger partial charge in [0.05, 0.1) is 18.8 Å². The molecule has 2 amide bonds. The van der Waals surface area contributed by atoms with Crippen molar-refractivity contribution in [1.29, 1.82) is 0 Å². The summed E-state index contributed by atoms with van der Waals surface area (Å²) in [5.41, 5.74) is 4.91. The van der Waals surface area contributed by atoms with Crippen LogP contribution < -0.4 is 15.5 Å². The second kappa shape index (κ2) is 13.9. The average molecular weight is 584 g/mol. The highest BCUT2D eigenvalue weighted by Crippen LogP contribution is 2.29. The minimum Gasteiger partial charge on any atom is -0.356 e. The molecule has 0 spiro atoms. The van der Waals surface area contributed by atoms with Gasteiger partial charge in [-0.15, -0.1) is 24.8 Å². The van der Waals surface area contributed by atoms with E-state index in [4.69, 9.17) is 4.52 Å². The summed E-state index contributed by atoms with van der Waals surface area (Å²) in [6, 6.07) is 8.84. The summed E-state index contributed by atoms with van der Waals surface area (Å²) < 4.78 is 19.1. The number of aryl methyl sites for hydroxylation is 2. The van der Waals surface area contributed by atoms with Crippen LogP contribution in [-0.2, 0) is 22.7 Å². The van der Waals surface area contributed by atoms with Gasteiger partial charge < -0.3 is 20.1 Å². The maximum absolute atomic E-state index is 13.7. The van der Waals surface area contributed by atoms with E-state index in [1.54, 1.807) is 23.0 Å². The number of hydrogen-bond acceptors (Lipinski definition) is 7. The van der Waals surface area contributed by atoms with Crippen molar-refractivity contribution in [2.24, 2.45) is 0 Å². The molecule has 9 nitrogen and oxygen atoms in total. The average Bonchev–Trinajstić information content (AvgIpc) is 3.43. The van der Waals surface area contributed by atoms with Gasteiger partial charge in [-0.05, 0) is 54.8 Å². The first kappa shape index (κ1) is 32.3. The lowest BCUT2D eigenvalue weighted by Gasteiger charge is -2.32. The standard InChI is InChI=1S/C27H35FN6O3.2ClH/c1-17(2)29-8-9-30-26(35)15-33(24-12-23-19(4)31-37-25(23)10-18(24)3)16-27(36)32(5)34-13-20-6-7-22(28)11-21(20)14-34;;/h6-7,10-12,17,29H,8-9,13-16H2,1-5H3,(H,30,35);2*1H. The van der Waals surface area contributed by atoms with Crippen molar-refractivity contribution in [2.45, 2.75) is 46.8 Å². The number of likely N-dealkylation sites (N-methyl/N-ethyl adjacent to an activating group) is 1. The summed E-state index contributed by atoms with van der Waals surface area (Å²) >= 11 is 0. The number of aromatic nitrogens is 1. The Labute approximate surface area is 240 Å². The van der Waals surface area contributed by atoms with Gasteiger partial charge in [-0.1, -0.05) is 25.1 Å². The molecule has 0 atom stereocenters. The van der Waals surface area contributed by atoms with Gasteiger partial charge in [-0.2, -0.15) is 0 Å². The number of amides is 2. The molecule has 0 saturated heterocycles. The first-order valence-electron chi connectivity index (χ1n) is 12.5. The number of rotatable bonds is 10. The predicted octanol–water partition coefficient (Wildman–Crippen LogP) is 3.74. The molecule has 0 unspecified atom stereocenters. The number of anilines is 1. The van der Waals surface area contributed by atoms with Crippen molar-refractivity contribution < 1.29 is 18.5 Å². The van der Waals surface area contributed by atoms with Crippen molar-refractivity contribution in [3.8, 4) is 0 Å². The van der Waals surface area contributed by atoms with E-state index < -0.39 is 0 Å². The Morgan fingerprint density at radius 3 is 2.51 bits per heavy atom. The fourth-order valence-corrected chi connectivity index (χ4v) is 4.53. The van der Waals surface area contributed by atoms with Crippen LogP contribution in [0.1, 0.15) is 36.2 Å². The molecule has 1 aromatic heterocycles. The third-order valence-corrected chi connectivity index (χ3v) is 6.63. The Morgan fingerprint density at radius 1 is 1.08 bits per heavy atom. The zero-order valence-corrected chi connectivity index (χ0v) is 24.5. The van der Waals surface area contributed by atoms with Crippen molar-refractivity contribution in [2.75, 3.05) is 38.1 Å². The van der Waals surface area contributed by atoms with Crippen molar-refractivity contribution in [3.05, 3.63) is 58.5 Å². The molecule has 12 heteroatoms. The smallest absolute Gasteiger partial charge is 0.256 e. The molecule has 2 N–H and O–H groups in total. The van der Waals surface area contributed by atoms with E-state index in [1.807, 2.05) is 44.8 Å². The van der Waals surface area contributed by atoms with Gasteiger partial charge in [0, 0.05) is 50.3 Å². The van der Waals surface area contributed by atoms with Crippen LogP contribution in [0.15, 0.2) is 34.9 Å². The number of nitrogens with zero attached hydrogens (tertiary/aromatic N) is 4. The molecule has 0 aliphatic carbocycles. The molecule has 214 valence electrons. The van der Waals surface area contributed by atoms with Crippen LogP contribution in [0.25, 0.3) is 11.0 Å². The Kier molecular flexibility index (Phi) is 11.5. The van der Waals surface area contributed by atoms with Gasteiger partial charge in [0.15, 0.2) is 5.58 Å². The second-order valence-electron chi connectivity index (χ2n) is 9.87. The zero-order valence-electron chi connectivity index (χ0n) is 22.9. The maximum atomic E-state index is 13.7. The second-order valence-corrected chi connectivity index (χ2v) is 9.87. The Balaban J connectivity index is 0.00000267. The SMILES string of the molecule is Cc1cc2onc(C)c2cc1N(CC(=O)NCCNC(C)C)CC(=O)N(C)N1Cc2ccc(F)cc2C1.Cl.Cl. The quantitative estimate of drug-likeness (QED) is 0.352. The molecule has 1 aliphatic heterocycles. The molecule has 2 aromatic carbocycles. The van der Waals surface area contributed by atoms with Gasteiger partial charge in [-0.25, -0.2) is 9.40 Å². The van der Waals surface area contributed by atoms with Crippen molar-refractivity contribution >= 4 is 53.3 Å². The normalized spacial score (nSPS) is 12.6. The van der Waals surface area contributed by atoms with Gasteiger partial charge >= 0.3 is 0 Å². The predicted molar refractivity (Wildman–Crippen MR) is 155 cm³/mol. The summed E-state index contributed by atoms with van der Waals surface area (Å²) in [6.07, 6.45) is 0. The number of hydrazine groups is 1. The lowest BCUT2D eigenvalue weighted by Crippen LogP contribution is -2.48. The molecule has 3 aromatic rings. The van der Waals surface area contributed by atoms with Crippen LogP contribution >= 0.6 is 24.8 Å². The fourth-order valence-electron chi connectivity index (χ4n) is 4.53. The molecule has 0 radical (unpaired) electrons. The number of fused-ring (bicyclic) bond motifs is 2. The number of halogens is 3.